The first-order valence-electron chi connectivity index (χ1n) is 7.56. The summed E-state index contributed by atoms with van der Waals surface area (Å²) in [5.41, 5.74) is 6.73. The van der Waals surface area contributed by atoms with E-state index in [-0.39, 0.29) is 5.60 Å². The molecule has 0 aromatic heterocycles. The number of hydrogen-bond acceptors (Lipinski definition) is 2. The average molecular weight is 239 g/mol. The zero-order valence-electron chi connectivity index (χ0n) is 11.6. The van der Waals surface area contributed by atoms with Crippen LogP contribution in [0.3, 0.4) is 0 Å². The molecule has 17 heavy (non-hydrogen) atoms. The summed E-state index contributed by atoms with van der Waals surface area (Å²) >= 11 is 0. The van der Waals surface area contributed by atoms with Crippen LogP contribution in [0.4, 0.5) is 0 Å². The Morgan fingerprint density at radius 1 is 1.41 bits per heavy atom. The van der Waals surface area contributed by atoms with E-state index in [1.54, 1.807) is 0 Å². The van der Waals surface area contributed by atoms with Gasteiger partial charge < -0.3 is 10.5 Å². The summed E-state index contributed by atoms with van der Waals surface area (Å²) < 4.78 is 5.99. The standard InChI is InChI=1S/C15H29NO/c1-3-4-6-12(2)14(16)13-7-10-17-15(11-13)8-5-9-15/h12-14H,3-11,16H2,1-2H3. The van der Waals surface area contributed by atoms with E-state index >= 15 is 0 Å². The summed E-state index contributed by atoms with van der Waals surface area (Å²) in [4.78, 5) is 0. The summed E-state index contributed by atoms with van der Waals surface area (Å²) in [5, 5.41) is 0. The molecule has 1 aliphatic heterocycles. The third-order valence-corrected chi connectivity index (χ3v) is 5.01. The van der Waals surface area contributed by atoms with E-state index in [2.05, 4.69) is 13.8 Å². The molecule has 0 amide bonds. The minimum Gasteiger partial charge on any atom is -0.375 e. The molecule has 2 rings (SSSR count). The van der Waals surface area contributed by atoms with Crippen LogP contribution in [0.5, 0.6) is 0 Å². The third kappa shape index (κ3) is 3.03. The Morgan fingerprint density at radius 2 is 2.18 bits per heavy atom. The van der Waals surface area contributed by atoms with Gasteiger partial charge in [-0.1, -0.05) is 26.7 Å². The molecule has 2 N–H and O–H groups in total. The minimum atomic E-state index is 0.255. The van der Waals surface area contributed by atoms with Crippen LogP contribution in [0.25, 0.3) is 0 Å². The highest BCUT2D eigenvalue weighted by Gasteiger charge is 2.44. The van der Waals surface area contributed by atoms with Crippen molar-refractivity contribution in [2.24, 2.45) is 17.6 Å². The molecule has 2 aliphatic rings. The van der Waals surface area contributed by atoms with Gasteiger partial charge in [0.2, 0.25) is 0 Å². The Hall–Kier alpha value is -0.0800. The maximum absolute atomic E-state index is 6.48. The second-order valence-corrected chi connectivity index (χ2v) is 6.33. The van der Waals surface area contributed by atoms with Gasteiger partial charge in [0, 0.05) is 12.6 Å². The Morgan fingerprint density at radius 3 is 2.76 bits per heavy atom. The van der Waals surface area contributed by atoms with Crippen molar-refractivity contribution in [2.75, 3.05) is 6.61 Å². The fourth-order valence-electron chi connectivity index (χ4n) is 3.50. The van der Waals surface area contributed by atoms with Gasteiger partial charge in [-0.2, -0.15) is 0 Å². The van der Waals surface area contributed by atoms with E-state index < -0.39 is 0 Å². The summed E-state index contributed by atoms with van der Waals surface area (Å²) in [5.74, 6) is 1.38. The van der Waals surface area contributed by atoms with E-state index in [1.165, 1.54) is 51.4 Å². The lowest BCUT2D eigenvalue weighted by Gasteiger charge is -2.49. The third-order valence-electron chi connectivity index (χ3n) is 5.01. The molecule has 0 radical (unpaired) electrons. The molecule has 0 aromatic rings. The predicted octanol–water partition coefficient (Wildman–Crippen LogP) is 3.49. The Bertz CT molecular complexity index is 237. The Kier molecular flexibility index (Phi) is 4.48. The highest BCUT2D eigenvalue weighted by Crippen LogP contribution is 2.45. The van der Waals surface area contributed by atoms with Crippen molar-refractivity contribution in [1.82, 2.24) is 0 Å². The highest BCUT2D eigenvalue weighted by molar-refractivity contribution is 4.96. The molecule has 3 atom stereocenters. The number of unbranched alkanes of at least 4 members (excludes halogenated alkanes) is 1. The first kappa shape index (κ1) is 13.4. The molecule has 1 aliphatic carbocycles. The number of ether oxygens (including phenoxy) is 1. The molecule has 1 saturated heterocycles. The zero-order chi connectivity index (χ0) is 12.3. The van der Waals surface area contributed by atoms with Gasteiger partial charge in [0.15, 0.2) is 0 Å². The van der Waals surface area contributed by atoms with Gasteiger partial charge in [0.1, 0.15) is 0 Å². The van der Waals surface area contributed by atoms with Gasteiger partial charge in [-0.25, -0.2) is 0 Å². The maximum atomic E-state index is 6.48. The van der Waals surface area contributed by atoms with Crippen molar-refractivity contribution in [3.63, 3.8) is 0 Å². The Labute approximate surface area is 106 Å². The van der Waals surface area contributed by atoms with E-state index in [0.29, 0.717) is 17.9 Å². The average Bonchev–Trinajstić information content (AvgIpc) is 2.33. The normalized spacial score (nSPS) is 30.9. The van der Waals surface area contributed by atoms with Crippen molar-refractivity contribution in [2.45, 2.75) is 76.9 Å². The van der Waals surface area contributed by atoms with E-state index in [1.807, 2.05) is 0 Å². The molecule has 2 heteroatoms. The monoisotopic (exact) mass is 239 g/mol. The zero-order valence-corrected chi connectivity index (χ0v) is 11.6. The molecule has 2 nitrogen and oxygen atoms in total. The highest BCUT2D eigenvalue weighted by atomic mass is 16.5. The summed E-state index contributed by atoms with van der Waals surface area (Å²) in [6, 6.07) is 0.392. The van der Waals surface area contributed by atoms with Crippen molar-refractivity contribution in [1.29, 1.82) is 0 Å². The largest absolute Gasteiger partial charge is 0.375 e. The summed E-state index contributed by atoms with van der Waals surface area (Å²) in [6.45, 7) is 5.54. The smallest absolute Gasteiger partial charge is 0.0685 e. The molecule has 3 unspecified atom stereocenters. The van der Waals surface area contributed by atoms with Gasteiger partial charge in [0.25, 0.3) is 0 Å². The quantitative estimate of drug-likeness (QED) is 0.797. The van der Waals surface area contributed by atoms with Crippen LogP contribution in [0.15, 0.2) is 0 Å². The van der Waals surface area contributed by atoms with Crippen molar-refractivity contribution >= 4 is 0 Å². The van der Waals surface area contributed by atoms with E-state index in [9.17, 15) is 0 Å². The molecule has 0 bridgehead atoms. The van der Waals surface area contributed by atoms with E-state index in [4.69, 9.17) is 10.5 Å². The molecule has 100 valence electrons. The molecule has 0 aromatic carbocycles. The summed E-state index contributed by atoms with van der Waals surface area (Å²) in [7, 11) is 0. The van der Waals surface area contributed by atoms with Crippen LogP contribution in [-0.2, 0) is 4.74 Å². The predicted molar refractivity (Wildman–Crippen MR) is 71.9 cm³/mol. The van der Waals surface area contributed by atoms with E-state index in [0.717, 1.165) is 6.61 Å². The first-order valence-corrected chi connectivity index (χ1v) is 7.56. The van der Waals surface area contributed by atoms with Gasteiger partial charge in [-0.05, 0) is 50.4 Å². The van der Waals surface area contributed by atoms with Gasteiger partial charge in [-0.15, -0.1) is 0 Å². The lowest BCUT2D eigenvalue weighted by Crippen LogP contribution is -2.50. The lowest BCUT2D eigenvalue weighted by molar-refractivity contribution is -0.147. The molecular formula is C15H29NO. The van der Waals surface area contributed by atoms with Crippen LogP contribution in [0.1, 0.15) is 65.2 Å². The SMILES string of the molecule is CCCCC(C)C(N)C1CCOC2(CCC2)C1. The van der Waals surface area contributed by atoms with Crippen molar-refractivity contribution in [3.8, 4) is 0 Å². The van der Waals surface area contributed by atoms with Crippen molar-refractivity contribution < 1.29 is 4.74 Å². The van der Waals surface area contributed by atoms with Gasteiger partial charge in [-0.3, -0.25) is 0 Å². The van der Waals surface area contributed by atoms with Crippen LogP contribution < -0.4 is 5.73 Å². The topological polar surface area (TPSA) is 35.2 Å². The minimum absolute atomic E-state index is 0.255. The fourth-order valence-corrected chi connectivity index (χ4v) is 3.50. The number of nitrogens with two attached hydrogens (primary N) is 1. The lowest BCUT2D eigenvalue weighted by atomic mass is 9.69. The number of hydrogen-bond donors (Lipinski definition) is 1. The molecular weight excluding hydrogens is 210 g/mol. The maximum Gasteiger partial charge on any atom is 0.0685 e. The van der Waals surface area contributed by atoms with Crippen molar-refractivity contribution in [3.05, 3.63) is 0 Å². The molecule has 1 heterocycles. The van der Waals surface area contributed by atoms with Crippen LogP contribution in [0, 0.1) is 11.8 Å². The Balaban J connectivity index is 1.83. The second-order valence-electron chi connectivity index (χ2n) is 6.33. The van der Waals surface area contributed by atoms with Crippen LogP contribution >= 0.6 is 0 Å². The van der Waals surface area contributed by atoms with Gasteiger partial charge >= 0.3 is 0 Å². The first-order chi connectivity index (χ1) is 8.17. The molecule has 2 fully saturated rings. The van der Waals surface area contributed by atoms with Crippen LogP contribution in [-0.4, -0.2) is 18.2 Å². The molecule has 1 spiro atoms. The van der Waals surface area contributed by atoms with Crippen LogP contribution in [0.2, 0.25) is 0 Å². The molecule has 1 saturated carbocycles. The number of rotatable bonds is 5. The fraction of sp³-hybridized carbons (Fsp3) is 1.00. The summed E-state index contributed by atoms with van der Waals surface area (Å²) in [6.07, 6.45) is 10.2. The van der Waals surface area contributed by atoms with Gasteiger partial charge in [0.05, 0.1) is 5.60 Å². The second kappa shape index (κ2) is 5.71.